The highest BCUT2D eigenvalue weighted by molar-refractivity contribution is 5.78. The summed E-state index contributed by atoms with van der Waals surface area (Å²) < 4.78 is 8.08. The molecule has 0 spiro atoms. The Bertz CT molecular complexity index is 980. The van der Waals surface area contributed by atoms with Gasteiger partial charge in [-0.2, -0.15) is 0 Å². The van der Waals surface area contributed by atoms with Crippen molar-refractivity contribution in [1.29, 1.82) is 0 Å². The number of hydrogen-bond acceptors (Lipinski definition) is 3. The number of aromatic nitrogens is 2. The van der Waals surface area contributed by atoms with E-state index in [1.807, 2.05) is 42.5 Å². The molecule has 0 aliphatic rings. The van der Waals surface area contributed by atoms with Gasteiger partial charge < -0.3 is 14.6 Å². The molecular formula is C23H23N3O. The maximum Gasteiger partial charge on any atom is 0.204 e. The minimum absolute atomic E-state index is 0.625. The number of hydrogen-bond donors (Lipinski definition) is 1. The standard InChI is InChI=1S/C23H23N3O/c1-3-9-19(10-4-1)17-24-23-25-21-13-7-8-14-22(21)26(23)15-16-27-18-20-11-5-2-6-12-20/h1-14H,15-18H2,(H,24,25). The summed E-state index contributed by atoms with van der Waals surface area (Å²) in [6, 6.07) is 28.8. The van der Waals surface area contributed by atoms with E-state index < -0.39 is 0 Å². The zero-order chi connectivity index (χ0) is 18.3. The number of imidazole rings is 1. The Kier molecular flexibility index (Phi) is 5.46. The van der Waals surface area contributed by atoms with Crippen molar-refractivity contribution in [3.05, 3.63) is 96.1 Å². The first-order valence-corrected chi connectivity index (χ1v) is 9.25. The molecule has 0 amide bonds. The van der Waals surface area contributed by atoms with Gasteiger partial charge in [0, 0.05) is 13.1 Å². The Morgan fingerprint density at radius 1 is 0.778 bits per heavy atom. The minimum atomic E-state index is 0.625. The Morgan fingerprint density at radius 2 is 1.44 bits per heavy atom. The van der Waals surface area contributed by atoms with Gasteiger partial charge in [-0.3, -0.25) is 0 Å². The summed E-state index contributed by atoms with van der Waals surface area (Å²) in [5, 5.41) is 3.47. The van der Waals surface area contributed by atoms with E-state index in [1.54, 1.807) is 0 Å². The maximum absolute atomic E-state index is 5.88. The van der Waals surface area contributed by atoms with Crippen molar-refractivity contribution in [2.75, 3.05) is 11.9 Å². The summed E-state index contributed by atoms with van der Waals surface area (Å²) in [7, 11) is 0. The first kappa shape index (κ1) is 17.3. The molecule has 27 heavy (non-hydrogen) atoms. The Labute approximate surface area is 159 Å². The number of ether oxygens (including phenoxy) is 1. The van der Waals surface area contributed by atoms with E-state index in [0.29, 0.717) is 13.2 Å². The van der Waals surface area contributed by atoms with Crippen molar-refractivity contribution in [2.45, 2.75) is 19.7 Å². The molecule has 0 fully saturated rings. The molecule has 0 saturated heterocycles. The van der Waals surface area contributed by atoms with Gasteiger partial charge >= 0.3 is 0 Å². The predicted octanol–water partition coefficient (Wildman–Crippen LogP) is 4.87. The Hall–Kier alpha value is -3.11. The lowest BCUT2D eigenvalue weighted by Crippen LogP contribution is -2.11. The van der Waals surface area contributed by atoms with Gasteiger partial charge in [0.15, 0.2) is 0 Å². The topological polar surface area (TPSA) is 39.1 Å². The summed E-state index contributed by atoms with van der Waals surface area (Å²) in [6.07, 6.45) is 0. The van der Waals surface area contributed by atoms with E-state index in [-0.39, 0.29) is 0 Å². The molecule has 4 heteroatoms. The molecular weight excluding hydrogens is 334 g/mol. The second-order valence-corrected chi connectivity index (χ2v) is 6.45. The van der Waals surface area contributed by atoms with Gasteiger partial charge in [0.25, 0.3) is 0 Å². The lowest BCUT2D eigenvalue weighted by atomic mass is 10.2. The van der Waals surface area contributed by atoms with Gasteiger partial charge in [-0.15, -0.1) is 0 Å². The molecule has 0 radical (unpaired) electrons. The molecule has 136 valence electrons. The second kappa shape index (κ2) is 8.52. The number of nitrogens with one attached hydrogen (secondary N) is 1. The number of nitrogens with zero attached hydrogens (tertiary/aromatic N) is 2. The molecule has 4 nitrogen and oxygen atoms in total. The number of rotatable bonds is 8. The number of anilines is 1. The van der Waals surface area contributed by atoms with Crippen LogP contribution in [0.3, 0.4) is 0 Å². The van der Waals surface area contributed by atoms with Crippen LogP contribution in [0.5, 0.6) is 0 Å². The molecule has 0 atom stereocenters. The maximum atomic E-state index is 5.88. The van der Waals surface area contributed by atoms with Crippen molar-refractivity contribution >= 4 is 17.0 Å². The fourth-order valence-corrected chi connectivity index (χ4v) is 3.13. The van der Waals surface area contributed by atoms with E-state index in [9.17, 15) is 0 Å². The minimum Gasteiger partial charge on any atom is -0.375 e. The van der Waals surface area contributed by atoms with Gasteiger partial charge in [-0.05, 0) is 23.3 Å². The van der Waals surface area contributed by atoms with Crippen LogP contribution in [0.1, 0.15) is 11.1 Å². The fraction of sp³-hybridized carbons (Fsp3) is 0.174. The van der Waals surface area contributed by atoms with Gasteiger partial charge in [0.05, 0.1) is 24.2 Å². The van der Waals surface area contributed by atoms with Crippen molar-refractivity contribution < 1.29 is 4.74 Å². The van der Waals surface area contributed by atoms with Crippen molar-refractivity contribution in [1.82, 2.24) is 9.55 Å². The van der Waals surface area contributed by atoms with E-state index >= 15 is 0 Å². The molecule has 4 rings (SSSR count). The van der Waals surface area contributed by atoms with E-state index in [2.05, 4.69) is 52.3 Å². The van der Waals surface area contributed by atoms with Crippen molar-refractivity contribution in [2.24, 2.45) is 0 Å². The number of benzene rings is 3. The molecule has 1 aromatic heterocycles. The van der Waals surface area contributed by atoms with E-state index in [4.69, 9.17) is 9.72 Å². The van der Waals surface area contributed by atoms with Crippen LogP contribution in [0.4, 0.5) is 5.95 Å². The van der Waals surface area contributed by atoms with Crippen LogP contribution in [0, 0.1) is 0 Å². The van der Waals surface area contributed by atoms with E-state index in [0.717, 1.165) is 30.1 Å². The fourth-order valence-electron chi connectivity index (χ4n) is 3.13. The largest absolute Gasteiger partial charge is 0.375 e. The Balaban J connectivity index is 1.44. The van der Waals surface area contributed by atoms with Gasteiger partial charge in [-0.1, -0.05) is 72.8 Å². The van der Waals surface area contributed by atoms with Gasteiger partial charge in [0.2, 0.25) is 5.95 Å². The first-order chi connectivity index (χ1) is 13.4. The SMILES string of the molecule is c1ccc(CNc2nc3ccccc3n2CCOCc2ccccc2)cc1. The summed E-state index contributed by atoms with van der Waals surface area (Å²) in [4.78, 5) is 4.76. The molecule has 1 heterocycles. The van der Waals surface area contributed by atoms with Crippen LogP contribution in [0.25, 0.3) is 11.0 Å². The smallest absolute Gasteiger partial charge is 0.204 e. The number of para-hydroxylation sites is 2. The van der Waals surface area contributed by atoms with Crippen LogP contribution in [0.15, 0.2) is 84.9 Å². The van der Waals surface area contributed by atoms with Crippen LogP contribution in [-0.2, 0) is 24.4 Å². The normalized spacial score (nSPS) is 11.0. The van der Waals surface area contributed by atoms with Crippen LogP contribution >= 0.6 is 0 Å². The highest BCUT2D eigenvalue weighted by Crippen LogP contribution is 2.20. The molecule has 0 bridgehead atoms. The summed E-state index contributed by atoms with van der Waals surface area (Å²) in [5.41, 5.74) is 4.54. The molecule has 3 aromatic carbocycles. The molecule has 0 unspecified atom stereocenters. The zero-order valence-electron chi connectivity index (χ0n) is 15.2. The van der Waals surface area contributed by atoms with Crippen molar-refractivity contribution in [3.63, 3.8) is 0 Å². The summed E-state index contributed by atoms with van der Waals surface area (Å²) in [6.45, 7) is 2.76. The molecule has 0 aliphatic heterocycles. The predicted molar refractivity (Wildman–Crippen MR) is 110 cm³/mol. The van der Waals surface area contributed by atoms with Crippen LogP contribution < -0.4 is 5.32 Å². The van der Waals surface area contributed by atoms with Crippen molar-refractivity contribution in [3.8, 4) is 0 Å². The average molecular weight is 357 g/mol. The van der Waals surface area contributed by atoms with E-state index in [1.165, 1.54) is 11.1 Å². The molecule has 0 saturated carbocycles. The molecule has 1 N–H and O–H groups in total. The average Bonchev–Trinajstić information content (AvgIpc) is 3.09. The third-order valence-corrected chi connectivity index (χ3v) is 4.52. The highest BCUT2D eigenvalue weighted by atomic mass is 16.5. The lowest BCUT2D eigenvalue weighted by molar-refractivity contribution is 0.114. The lowest BCUT2D eigenvalue weighted by Gasteiger charge is -2.11. The molecule has 4 aromatic rings. The van der Waals surface area contributed by atoms with Crippen LogP contribution in [-0.4, -0.2) is 16.2 Å². The monoisotopic (exact) mass is 357 g/mol. The quantitative estimate of drug-likeness (QED) is 0.458. The zero-order valence-corrected chi connectivity index (χ0v) is 15.2. The summed E-state index contributed by atoms with van der Waals surface area (Å²) >= 11 is 0. The van der Waals surface area contributed by atoms with Gasteiger partial charge in [0.1, 0.15) is 0 Å². The third-order valence-electron chi connectivity index (χ3n) is 4.52. The second-order valence-electron chi connectivity index (χ2n) is 6.45. The number of fused-ring (bicyclic) bond motifs is 1. The Morgan fingerprint density at radius 3 is 2.22 bits per heavy atom. The third kappa shape index (κ3) is 4.36. The highest BCUT2D eigenvalue weighted by Gasteiger charge is 2.10. The summed E-state index contributed by atoms with van der Waals surface area (Å²) in [5.74, 6) is 0.878. The molecule has 0 aliphatic carbocycles. The first-order valence-electron chi connectivity index (χ1n) is 9.25. The van der Waals surface area contributed by atoms with Gasteiger partial charge in [-0.25, -0.2) is 4.98 Å². The van der Waals surface area contributed by atoms with Crippen LogP contribution in [0.2, 0.25) is 0 Å².